The molecule has 1 aromatic carbocycles. The Morgan fingerprint density at radius 1 is 1.27 bits per heavy atom. The topological polar surface area (TPSA) is 47.9 Å². The third-order valence-corrected chi connectivity index (χ3v) is 5.81. The van der Waals surface area contributed by atoms with Crippen molar-refractivity contribution in [2.75, 3.05) is 26.6 Å². The molecular weight excluding hydrogens is 300 g/mol. The highest BCUT2D eigenvalue weighted by atomic mass is 32.2. The van der Waals surface area contributed by atoms with Gasteiger partial charge in [-0.2, -0.15) is 11.8 Å². The number of aliphatic hydroxyl groups excluding tert-OH is 1. The van der Waals surface area contributed by atoms with Gasteiger partial charge in [0, 0.05) is 11.6 Å². The van der Waals surface area contributed by atoms with E-state index >= 15 is 0 Å². The molecule has 1 aliphatic heterocycles. The number of hydrogen-bond donors (Lipinski definition) is 1. The Labute approximate surface area is 137 Å². The molecule has 0 aliphatic carbocycles. The van der Waals surface area contributed by atoms with Crippen molar-refractivity contribution in [1.29, 1.82) is 0 Å². The predicted octanol–water partition coefficient (Wildman–Crippen LogP) is 3.59. The maximum atomic E-state index is 9.43. The van der Waals surface area contributed by atoms with E-state index in [1.54, 1.807) is 21.1 Å². The van der Waals surface area contributed by atoms with Gasteiger partial charge in [-0.25, -0.2) is 0 Å². The van der Waals surface area contributed by atoms with E-state index in [1.807, 2.05) is 17.8 Å². The van der Waals surface area contributed by atoms with Gasteiger partial charge in [-0.15, -0.1) is 0 Å². The maximum absolute atomic E-state index is 9.43. The van der Waals surface area contributed by atoms with Gasteiger partial charge in [0.05, 0.1) is 26.1 Å². The highest BCUT2D eigenvalue weighted by Crippen LogP contribution is 2.48. The van der Waals surface area contributed by atoms with Crippen LogP contribution in [-0.4, -0.2) is 38.0 Å². The highest BCUT2D eigenvalue weighted by Gasteiger charge is 2.31. The summed E-state index contributed by atoms with van der Waals surface area (Å²) < 4.78 is 16.5. The normalized spacial score (nSPS) is 26.0. The monoisotopic (exact) mass is 326 g/mol. The van der Waals surface area contributed by atoms with E-state index in [1.165, 1.54) is 11.1 Å². The van der Waals surface area contributed by atoms with E-state index < -0.39 is 6.29 Å². The Bertz CT molecular complexity index is 504. The van der Waals surface area contributed by atoms with Crippen molar-refractivity contribution in [1.82, 2.24) is 0 Å². The van der Waals surface area contributed by atoms with Crippen LogP contribution in [0.5, 0.6) is 11.5 Å². The maximum Gasteiger partial charge on any atom is 0.151 e. The number of benzene rings is 1. The molecule has 2 rings (SSSR count). The van der Waals surface area contributed by atoms with Gasteiger partial charge >= 0.3 is 0 Å². The molecule has 5 heteroatoms. The minimum atomic E-state index is -0.758. The summed E-state index contributed by atoms with van der Waals surface area (Å²) in [5, 5.41) is 9.58. The third-order valence-electron chi connectivity index (χ3n) is 4.32. The number of methoxy groups -OCH3 is 2. The molecule has 0 saturated heterocycles. The van der Waals surface area contributed by atoms with Crippen molar-refractivity contribution in [2.45, 2.75) is 38.2 Å². The molecule has 1 N–H and O–H groups in total. The van der Waals surface area contributed by atoms with Crippen molar-refractivity contribution < 1.29 is 19.3 Å². The number of hydrogen-bond acceptors (Lipinski definition) is 5. The molecule has 1 aliphatic rings. The van der Waals surface area contributed by atoms with Crippen molar-refractivity contribution in [3.63, 3.8) is 0 Å². The van der Waals surface area contributed by atoms with Gasteiger partial charge in [-0.3, -0.25) is 0 Å². The summed E-state index contributed by atoms with van der Waals surface area (Å²) in [7, 11) is 3.36. The van der Waals surface area contributed by atoms with Crippen molar-refractivity contribution >= 4 is 11.8 Å². The van der Waals surface area contributed by atoms with E-state index in [4.69, 9.17) is 14.2 Å². The molecule has 0 amide bonds. The molecule has 0 saturated carbocycles. The lowest BCUT2D eigenvalue weighted by Gasteiger charge is -2.23. The Kier molecular flexibility index (Phi) is 6.01. The molecule has 4 unspecified atom stereocenters. The molecule has 0 radical (unpaired) electrons. The Morgan fingerprint density at radius 2 is 2.00 bits per heavy atom. The van der Waals surface area contributed by atoms with Crippen molar-refractivity contribution in [2.24, 2.45) is 5.92 Å². The first-order chi connectivity index (χ1) is 10.5. The van der Waals surface area contributed by atoms with Crippen LogP contribution >= 0.6 is 11.8 Å². The van der Waals surface area contributed by atoms with Crippen LogP contribution in [0, 0.1) is 5.92 Å². The Balaban J connectivity index is 2.48. The number of thioether (sulfide) groups is 1. The fraction of sp³-hybridized carbons (Fsp3) is 0.647. The molecule has 4 atom stereocenters. The van der Waals surface area contributed by atoms with Crippen molar-refractivity contribution in [3.8, 4) is 11.5 Å². The fourth-order valence-electron chi connectivity index (χ4n) is 2.79. The molecule has 0 fully saturated rings. The van der Waals surface area contributed by atoms with Crippen LogP contribution in [0.25, 0.3) is 0 Å². The number of aliphatic hydroxyl groups is 1. The third kappa shape index (κ3) is 3.70. The molecule has 22 heavy (non-hydrogen) atoms. The van der Waals surface area contributed by atoms with Gasteiger partial charge in [-0.05, 0) is 36.1 Å². The van der Waals surface area contributed by atoms with Crippen LogP contribution in [0.4, 0.5) is 0 Å². The summed E-state index contributed by atoms with van der Waals surface area (Å²) in [6.45, 7) is 6.63. The number of rotatable bonds is 5. The zero-order valence-corrected chi connectivity index (χ0v) is 14.8. The van der Waals surface area contributed by atoms with Gasteiger partial charge in [0.1, 0.15) is 11.5 Å². The van der Waals surface area contributed by atoms with Crippen LogP contribution in [0.3, 0.4) is 0 Å². The van der Waals surface area contributed by atoms with Gasteiger partial charge in [0.2, 0.25) is 0 Å². The van der Waals surface area contributed by atoms with Gasteiger partial charge in [0.25, 0.3) is 0 Å². The fourth-order valence-corrected chi connectivity index (χ4v) is 4.21. The first-order valence-electron chi connectivity index (χ1n) is 7.65. The highest BCUT2D eigenvalue weighted by molar-refractivity contribution is 7.99. The molecule has 1 heterocycles. The largest absolute Gasteiger partial charge is 0.497 e. The minimum absolute atomic E-state index is 0.151. The zero-order valence-electron chi connectivity index (χ0n) is 14.0. The number of fused-ring (bicyclic) bond motifs is 1. The standard InChI is InChI=1S/C17H26O4S/c1-10-9-22-16(8-21-12(3)18)17-14(11(10)2)6-13(19-4)7-15(17)20-5/h6-7,10-12,16,18H,8-9H2,1-5H3. The van der Waals surface area contributed by atoms with Gasteiger partial charge in [0.15, 0.2) is 6.29 Å². The second-order valence-corrected chi connectivity index (χ2v) is 7.09. The first-order valence-corrected chi connectivity index (χ1v) is 8.69. The quantitative estimate of drug-likeness (QED) is 0.838. The second kappa shape index (κ2) is 7.57. The predicted molar refractivity (Wildman–Crippen MR) is 90.0 cm³/mol. The van der Waals surface area contributed by atoms with E-state index in [0.717, 1.165) is 17.3 Å². The van der Waals surface area contributed by atoms with Crippen LogP contribution in [-0.2, 0) is 4.74 Å². The van der Waals surface area contributed by atoms with Crippen LogP contribution in [0.15, 0.2) is 12.1 Å². The lowest BCUT2D eigenvalue weighted by atomic mass is 9.86. The minimum Gasteiger partial charge on any atom is -0.497 e. The second-order valence-electron chi connectivity index (χ2n) is 5.85. The molecule has 1 aromatic rings. The van der Waals surface area contributed by atoms with Crippen LogP contribution in [0.1, 0.15) is 43.1 Å². The van der Waals surface area contributed by atoms with Gasteiger partial charge in [-0.1, -0.05) is 13.8 Å². The lowest BCUT2D eigenvalue weighted by molar-refractivity contribution is -0.0845. The smallest absolute Gasteiger partial charge is 0.151 e. The Hall–Kier alpha value is -0.910. The summed E-state index contributed by atoms with van der Waals surface area (Å²) in [6.07, 6.45) is -0.758. The molecule has 4 nitrogen and oxygen atoms in total. The SMILES string of the molecule is COc1cc(OC)c2c(c1)C(C)C(C)CSC2COC(C)O. The molecule has 0 bridgehead atoms. The molecule has 0 aromatic heterocycles. The molecular formula is C17H26O4S. The van der Waals surface area contributed by atoms with Crippen LogP contribution in [0.2, 0.25) is 0 Å². The summed E-state index contributed by atoms with van der Waals surface area (Å²) in [6, 6.07) is 4.04. The average molecular weight is 326 g/mol. The van der Waals surface area contributed by atoms with Crippen molar-refractivity contribution in [3.05, 3.63) is 23.3 Å². The average Bonchev–Trinajstić information content (AvgIpc) is 2.63. The summed E-state index contributed by atoms with van der Waals surface area (Å²) >= 11 is 1.87. The summed E-state index contributed by atoms with van der Waals surface area (Å²) in [5.41, 5.74) is 2.43. The van der Waals surface area contributed by atoms with E-state index in [2.05, 4.69) is 19.9 Å². The molecule has 124 valence electrons. The van der Waals surface area contributed by atoms with Crippen LogP contribution < -0.4 is 9.47 Å². The first kappa shape index (κ1) is 17.4. The number of ether oxygens (including phenoxy) is 3. The molecule has 0 spiro atoms. The van der Waals surface area contributed by atoms with E-state index in [0.29, 0.717) is 18.4 Å². The van der Waals surface area contributed by atoms with E-state index in [-0.39, 0.29) is 5.25 Å². The Morgan fingerprint density at radius 3 is 2.59 bits per heavy atom. The zero-order chi connectivity index (χ0) is 16.3. The van der Waals surface area contributed by atoms with Gasteiger partial charge < -0.3 is 19.3 Å². The summed E-state index contributed by atoms with van der Waals surface area (Å²) in [5.74, 6) is 3.67. The van der Waals surface area contributed by atoms with E-state index in [9.17, 15) is 5.11 Å². The lowest BCUT2D eigenvalue weighted by Crippen LogP contribution is -2.14. The summed E-state index contributed by atoms with van der Waals surface area (Å²) in [4.78, 5) is 0.